The third kappa shape index (κ3) is 3.77. The predicted molar refractivity (Wildman–Crippen MR) is 84.7 cm³/mol. The number of aryl methyl sites for hydroxylation is 1. The lowest BCUT2D eigenvalue weighted by atomic mass is 10.1. The summed E-state index contributed by atoms with van der Waals surface area (Å²) in [6.45, 7) is 2.84. The lowest BCUT2D eigenvalue weighted by Crippen LogP contribution is -2.30. The van der Waals surface area contributed by atoms with Crippen molar-refractivity contribution in [2.24, 2.45) is 5.92 Å². The van der Waals surface area contributed by atoms with E-state index >= 15 is 0 Å². The fourth-order valence-corrected chi connectivity index (χ4v) is 2.73. The first-order valence-corrected chi connectivity index (χ1v) is 7.67. The maximum atomic E-state index is 12.2. The third-order valence-electron chi connectivity index (χ3n) is 3.98. The van der Waals surface area contributed by atoms with E-state index in [1.165, 1.54) is 5.56 Å². The summed E-state index contributed by atoms with van der Waals surface area (Å²) in [5, 5.41) is 6.43. The van der Waals surface area contributed by atoms with Crippen LogP contribution >= 0.6 is 0 Å². The first kappa shape index (κ1) is 15.3. The molecule has 0 unspecified atom stereocenters. The van der Waals surface area contributed by atoms with Gasteiger partial charge in [-0.2, -0.15) is 0 Å². The van der Waals surface area contributed by atoms with Crippen molar-refractivity contribution < 1.29 is 14.1 Å². The molecule has 6 nitrogen and oxygen atoms in total. The molecule has 2 heterocycles. The molecule has 1 saturated heterocycles. The van der Waals surface area contributed by atoms with Crippen molar-refractivity contribution in [2.45, 2.75) is 19.8 Å². The molecule has 0 bridgehead atoms. The van der Waals surface area contributed by atoms with Crippen LogP contribution in [0, 0.1) is 12.8 Å². The number of carbonyl (C=O) groups is 2. The molecule has 1 atom stereocenters. The molecule has 1 aromatic heterocycles. The second-order valence-corrected chi connectivity index (χ2v) is 5.79. The number of rotatable bonds is 5. The van der Waals surface area contributed by atoms with E-state index in [-0.39, 0.29) is 24.2 Å². The van der Waals surface area contributed by atoms with Crippen molar-refractivity contribution in [1.29, 1.82) is 0 Å². The highest BCUT2D eigenvalue weighted by Gasteiger charge is 2.34. The van der Waals surface area contributed by atoms with Crippen LogP contribution in [0.3, 0.4) is 0 Å². The fourth-order valence-electron chi connectivity index (χ4n) is 2.73. The van der Waals surface area contributed by atoms with Crippen LogP contribution < -0.4 is 5.32 Å². The zero-order valence-electron chi connectivity index (χ0n) is 13.0. The molecule has 2 amide bonds. The van der Waals surface area contributed by atoms with Gasteiger partial charge in [0.15, 0.2) is 5.82 Å². The van der Waals surface area contributed by atoms with E-state index in [1.54, 1.807) is 17.9 Å². The van der Waals surface area contributed by atoms with Crippen LogP contribution in [0.1, 0.15) is 17.7 Å². The Labute approximate surface area is 134 Å². The van der Waals surface area contributed by atoms with Crippen LogP contribution in [-0.4, -0.2) is 35.0 Å². The molecule has 1 fully saturated rings. The minimum atomic E-state index is -0.338. The Balaban J connectivity index is 1.53. The smallest absolute Gasteiger partial charge is 0.231 e. The highest BCUT2D eigenvalue weighted by atomic mass is 16.5. The molecule has 23 heavy (non-hydrogen) atoms. The summed E-state index contributed by atoms with van der Waals surface area (Å²) >= 11 is 0. The van der Waals surface area contributed by atoms with E-state index in [9.17, 15) is 9.59 Å². The van der Waals surface area contributed by atoms with E-state index in [0.29, 0.717) is 24.7 Å². The monoisotopic (exact) mass is 313 g/mol. The van der Waals surface area contributed by atoms with Gasteiger partial charge in [-0.05, 0) is 18.9 Å². The Morgan fingerprint density at radius 2 is 2.17 bits per heavy atom. The zero-order chi connectivity index (χ0) is 16.2. The normalized spacial score (nSPS) is 17.5. The minimum absolute atomic E-state index is 0.0254. The molecular formula is C17H19N3O3. The van der Waals surface area contributed by atoms with Gasteiger partial charge in [-0.15, -0.1) is 0 Å². The zero-order valence-corrected chi connectivity index (χ0v) is 13.0. The van der Waals surface area contributed by atoms with Crippen LogP contribution in [0.25, 0.3) is 0 Å². The Kier molecular flexibility index (Phi) is 4.41. The SMILES string of the molecule is Cc1cc(NC(=O)[C@H]2CC(=O)N(CCc3ccccc3)C2)no1. The van der Waals surface area contributed by atoms with E-state index in [1.807, 2.05) is 30.3 Å². The van der Waals surface area contributed by atoms with Crippen LogP contribution in [-0.2, 0) is 16.0 Å². The number of amides is 2. The number of anilines is 1. The van der Waals surface area contributed by atoms with Gasteiger partial charge < -0.3 is 14.7 Å². The average Bonchev–Trinajstić information content (AvgIpc) is 3.12. The molecule has 6 heteroatoms. The van der Waals surface area contributed by atoms with Gasteiger partial charge in [-0.1, -0.05) is 35.5 Å². The van der Waals surface area contributed by atoms with Crippen molar-refractivity contribution in [1.82, 2.24) is 10.1 Å². The summed E-state index contributed by atoms with van der Waals surface area (Å²) in [6, 6.07) is 11.7. The molecule has 1 aliphatic rings. The predicted octanol–water partition coefficient (Wildman–Crippen LogP) is 2.01. The molecule has 1 aliphatic heterocycles. The summed E-state index contributed by atoms with van der Waals surface area (Å²) < 4.78 is 4.92. The van der Waals surface area contributed by atoms with Gasteiger partial charge >= 0.3 is 0 Å². The number of nitrogens with one attached hydrogen (secondary N) is 1. The Hall–Kier alpha value is -2.63. The van der Waals surface area contributed by atoms with Gasteiger partial charge in [-0.25, -0.2) is 0 Å². The van der Waals surface area contributed by atoms with Gasteiger partial charge in [0.05, 0.1) is 5.92 Å². The van der Waals surface area contributed by atoms with E-state index < -0.39 is 0 Å². The second kappa shape index (κ2) is 6.64. The number of hydrogen-bond acceptors (Lipinski definition) is 4. The number of carbonyl (C=O) groups excluding carboxylic acids is 2. The maximum absolute atomic E-state index is 12.2. The quantitative estimate of drug-likeness (QED) is 0.916. The Morgan fingerprint density at radius 3 is 2.87 bits per heavy atom. The highest BCUT2D eigenvalue weighted by molar-refractivity contribution is 5.96. The van der Waals surface area contributed by atoms with Crippen molar-refractivity contribution >= 4 is 17.6 Å². The van der Waals surface area contributed by atoms with Crippen LogP contribution in [0.4, 0.5) is 5.82 Å². The molecule has 2 aromatic rings. The number of aromatic nitrogens is 1. The van der Waals surface area contributed by atoms with Gasteiger partial charge in [0.25, 0.3) is 0 Å². The lowest BCUT2D eigenvalue weighted by molar-refractivity contribution is -0.128. The molecule has 120 valence electrons. The molecule has 0 saturated carbocycles. The van der Waals surface area contributed by atoms with E-state index in [0.717, 1.165) is 6.42 Å². The van der Waals surface area contributed by atoms with Gasteiger partial charge in [-0.3, -0.25) is 9.59 Å². The summed E-state index contributed by atoms with van der Waals surface area (Å²) in [5.74, 6) is 0.525. The Morgan fingerprint density at radius 1 is 1.39 bits per heavy atom. The minimum Gasteiger partial charge on any atom is -0.360 e. The molecule has 1 N–H and O–H groups in total. The number of hydrogen-bond donors (Lipinski definition) is 1. The molecule has 0 radical (unpaired) electrons. The number of benzene rings is 1. The highest BCUT2D eigenvalue weighted by Crippen LogP contribution is 2.20. The molecular weight excluding hydrogens is 294 g/mol. The van der Waals surface area contributed by atoms with Crippen molar-refractivity contribution in [3.8, 4) is 0 Å². The molecule has 3 rings (SSSR count). The van der Waals surface area contributed by atoms with Crippen LogP contribution in [0.5, 0.6) is 0 Å². The van der Waals surface area contributed by atoms with Crippen LogP contribution in [0.2, 0.25) is 0 Å². The van der Waals surface area contributed by atoms with Crippen molar-refractivity contribution in [2.75, 3.05) is 18.4 Å². The van der Waals surface area contributed by atoms with E-state index in [2.05, 4.69) is 10.5 Å². The van der Waals surface area contributed by atoms with Crippen LogP contribution in [0.15, 0.2) is 40.9 Å². The van der Waals surface area contributed by atoms with Crippen molar-refractivity contribution in [3.63, 3.8) is 0 Å². The van der Waals surface area contributed by atoms with Gasteiger partial charge in [0, 0.05) is 25.6 Å². The lowest BCUT2D eigenvalue weighted by Gasteiger charge is -2.16. The topological polar surface area (TPSA) is 75.4 Å². The summed E-state index contributed by atoms with van der Waals surface area (Å²) in [6.07, 6.45) is 1.04. The fraction of sp³-hybridized carbons (Fsp3) is 0.353. The first-order valence-electron chi connectivity index (χ1n) is 7.67. The third-order valence-corrected chi connectivity index (χ3v) is 3.98. The Bertz CT molecular complexity index is 696. The van der Waals surface area contributed by atoms with E-state index in [4.69, 9.17) is 4.52 Å². The molecule has 1 aromatic carbocycles. The molecule has 0 spiro atoms. The largest absolute Gasteiger partial charge is 0.360 e. The summed E-state index contributed by atoms with van der Waals surface area (Å²) in [5.41, 5.74) is 1.19. The van der Waals surface area contributed by atoms with Gasteiger partial charge in [0.2, 0.25) is 11.8 Å². The summed E-state index contributed by atoms with van der Waals surface area (Å²) in [4.78, 5) is 26.1. The number of likely N-dealkylation sites (tertiary alicyclic amines) is 1. The second-order valence-electron chi connectivity index (χ2n) is 5.79. The summed E-state index contributed by atoms with van der Waals surface area (Å²) in [7, 11) is 0. The number of nitrogens with zero attached hydrogens (tertiary/aromatic N) is 2. The maximum Gasteiger partial charge on any atom is 0.231 e. The van der Waals surface area contributed by atoms with Crippen molar-refractivity contribution in [3.05, 3.63) is 47.7 Å². The standard InChI is InChI=1S/C17H19N3O3/c1-12-9-15(19-23-12)18-17(22)14-10-16(21)20(11-14)8-7-13-5-3-2-4-6-13/h2-6,9,14H,7-8,10-11H2,1H3,(H,18,19,22)/t14-/m0/s1. The average molecular weight is 313 g/mol. The first-order chi connectivity index (χ1) is 11.1. The molecule has 0 aliphatic carbocycles. The van der Waals surface area contributed by atoms with Gasteiger partial charge in [0.1, 0.15) is 5.76 Å².